The lowest BCUT2D eigenvalue weighted by Gasteiger charge is -2.27. The number of aryl methyl sites for hydroxylation is 1. The molecule has 8 heteroatoms. The molecule has 0 N–H and O–H groups in total. The maximum Gasteiger partial charge on any atom is 0.204 e. The van der Waals surface area contributed by atoms with E-state index in [2.05, 4.69) is 30.9 Å². The Morgan fingerprint density at radius 1 is 1.16 bits per heavy atom. The van der Waals surface area contributed by atoms with E-state index in [4.69, 9.17) is 17.3 Å². The normalized spacial score (nSPS) is 18.0. The average molecular weight is 457 g/mol. The van der Waals surface area contributed by atoms with Crippen LogP contribution in [-0.4, -0.2) is 51.8 Å². The first-order valence-corrected chi connectivity index (χ1v) is 12.9. The number of hydrogen-bond donors (Lipinski definition) is 0. The minimum atomic E-state index is -2.96. The van der Waals surface area contributed by atoms with Gasteiger partial charge in [-0.2, -0.15) is 0 Å². The van der Waals surface area contributed by atoms with E-state index in [0.29, 0.717) is 17.9 Å². The molecular formula is C23H28N4O2S2. The third-order valence-electron chi connectivity index (χ3n) is 5.68. The molecule has 1 fully saturated rings. The Bertz CT molecular complexity index is 1220. The largest absolute Gasteiger partial charge is 0.280 e. The molecular weight excluding hydrogens is 428 g/mol. The summed E-state index contributed by atoms with van der Waals surface area (Å²) in [7, 11) is -2.96. The Kier molecular flexibility index (Phi) is 6.41. The highest BCUT2D eigenvalue weighted by molar-refractivity contribution is 7.91. The van der Waals surface area contributed by atoms with Crippen LogP contribution in [-0.2, 0) is 16.5 Å². The quantitative estimate of drug-likeness (QED) is 0.498. The van der Waals surface area contributed by atoms with Crippen molar-refractivity contribution in [2.24, 2.45) is 0 Å². The van der Waals surface area contributed by atoms with Gasteiger partial charge >= 0.3 is 0 Å². The summed E-state index contributed by atoms with van der Waals surface area (Å²) in [5.74, 6) is 1.26. The summed E-state index contributed by atoms with van der Waals surface area (Å²) in [5.41, 5.74) is 3.11. The molecule has 31 heavy (non-hydrogen) atoms. The zero-order chi connectivity index (χ0) is 22.0. The van der Waals surface area contributed by atoms with Gasteiger partial charge in [0.1, 0.15) is 0 Å². The fourth-order valence-corrected chi connectivity index (χ4v) is 6.22. The zero-order valence-corrected chi connectivity index (χ0v) is 19.6. The molecule has 1 aliphatic rings. The van der Waals surface area contributed by atoms with Crippen molar-refractivity contribution < 1.29 is 8.42 Å². The van der Waals surface area contributed by atoms with Crippen molar-refractivity contribution in [2.75, 3.05) is 18.1 Å². The van der Waals surface area contributed by atoms with Gasteiger partial charge in [0.05, 0.1) is 23.9 Å². The van der Waals surface area contributed by atoms with Gasteiger partial charge in [-0.3, -0.25) is 9.47 Å². The second-order valence-electron chi connectivity index (χ2n) is 8.16. The van der Waals surface area contributed by atoms with Gasteiger partial charge in [-0.1, -0.05) is 49.4 Å². The van der Waals surface area contributed by atoms with Gasteiger partial charge < -0.3 is 0 Å². The zero-order valence-electron chi connectivity index (χ0n) is 17.9. The van der Waals surface area contributed by atoms with Crippen molar-refractivity contribution in [3.63, 3.8) is 0 Å². The van der Waals surface area contributed by atoms with E-state index in [1.54, 1.807) is 0 Å². The second-order valence-corrected chi connectivity index (χ2v) is 10.8. The van der Waals surface area contributed by atoms with Crippen LogP contribution in [0.1, 0.15) is 25.3 Å². The van der Waals surface area contributed by atoms with Crippen LogP contribution < -0.4 is 0 Å². The molecule has 3 aromatic rings. The van der Waals surface area contributed by atoms with E-state index in [9.17, 15) is 8.42 Å². The molecule has 1 aliphatic heterocycles. The van der Waals surface area contributed by atoms with Gasteiger partial charge in [-0.15, -0.1) is 5.10 Å². The predicted octanol–water partition coefficient (Wildman–Crippen LogP) is 4.24. The Hall–Kier alpha value is -2.29. The highest BCUT2D eigenvalue weighted by atomic mass is 32.2. The fraction of sp³-hybridized carbons (Fsp3) is 0.391. The van der Waals surface area contributed by atoms with E-state index in [-0.39, 0.29) is 17.5 Å². The molecule has 0 aliphatic carbocycles. The topological polar surface area (TPSA) is 60.1 Å². The van der Waals surface area contributed by atoms with Gasteiger partial charge in [0.15, 0.2) is 15.7 Å². The number of nitrogens with zero attached hydrogens (tertiary/aromatic N) is 4. The molecule has 2 heterocycles. The minimum Gasteiger partial charge on any atom is -0.280 e. The van der Waals surface area contributed by atoms with Gasteiger partial charge in [-0.05, 0) is 56.2 Å². The highest BCUT2D eigenvalue weighted by Gasteiger charge is 2.32. The van der Waals surface area contributed by atoms with Crippen molar-refractivity contribution in [3.05, 3.63) is 64.9 Å². The van der Waals surface area contributed by atoms with E-state index in [1.807, 2.05) is 51.7 Å². The fourth-order valence-electron chi connectivity index (χ4n) is 4.17. The van der Waals surface area contributed by atoms with Crippen molar-refractivity contribution in [2.45, 2.75) is 39.4 Å². The van der Waals surface area contributed by atoms with Gasteiger partial charge in [0.2, 0.25) is 4.77 Å². The highest BCUT2D eigenvalue weighted by Crippen LogP contribution is 2.24. The smallest absolute Gasteiger partial charge is 0.204 e. The Morgan fingerprint density at radius 2 is 1.94 bits per heavy atom. The van der Waals surface area contributed by atoms with Crippen molar-refractivity contribution in [1.82, 2.24) is 19.2 Å². The van der Waals surface area contributed by atoms with Crippen LogP contribution >= 0.6 is 12.2 Å². The molecule has 0 bridgehead atoms. The predicted molar refractivity (Wildman–Crippen MR) is 127 cm³/mol. The van der Waals surface area contributed by atoms with E-state index in [1.165, 1.54) is 0 Å². The number of aromatic nitrogens is 3. The summed E-state index contributed by atoms with van der Waals surface area (Å²) in [6.07, 6.45) is 1.60. The van der Waals surface area contributed by atoms with E-state index in [0.717, 1.165) is 35.6 Å². The number of benzene rings is 2. The monoisotopic (exact) mass is 456 g/mol. The van der Waals surface area contributed by atoms with Gasteiger partial charge in [-0.25, -0.2) is 13.1 Å². The number of hydrogen-bond acceptors (Lipinski definition) is 5. The Balaban J connectivity index is 1.77. The minimum absolute atomic E-state index is 0.0103. The summed E-state index contributed by atoms with van der Waals surface area (Å²) >= 11 is 5.88. The molecule has 4 rings (SSSR count). The van der Waals surface area contributed by atoms with Crippen molar-refractivity contribution in [1.29, 1.82) is 0 Å². The molecule has 0 saturated carbocycles. The molecule has 164 valence electrons. The van der Waals surface area contributed by atoms with Crippen LogP contribution in [0.3, 0.4) is 0 Å². The van der Waals surface area contributed by atoms with Crippen LogP contribution in [0.2, 0.25) is 0 Å². The van der Waals surface area contributed by atoms with Crippen LogP contribution in [0, 0.1) is 11.7 Å². The lowest BCUT2D eigenvalue weighted by atomic mass is 10.2. The molecule has 1 aromatic heterocycles. The van der Waals surface area contributed by atoms with Crippen LogP contribution in [0.25, 0.3) is 17.1 Å². The molecule has 2 aromatic carbocycles. The van der Waals surface area contributed by atoms with Gasteiger partial charge in [0, 0.05) is 11.6 Å². The molecule has 0 unspecified atom stereocenters. The van der Waals surface area contributed by atoms with E-state index >= 15 is 0 Å². The summed E-state index contributed by atoms with van der Waals surface area (Å²) in [5, 5.41) is 4.90. The van der Waals surface area contributed by atoms with Crippen LogP contribution in [0.5, 0.6) is 0 Å². The first kappa shape index (κ1) is 21.9. The third-order valence-corrected chi connectivity index (χ3v) is 7.83. The maximum atomic E-state index is 12.1. The molecule has 0 spiro atoms. The standard InChI is InChI=1S/C23H28N4O2S2/c1-3-13-25(21-12-14-31(28,29)16-21)17-26-23(30)27(20-11-7-8-18(2)15-20)22(24-26)19-9-5-4-6-10-19/h4-11,15,21H,3,12-14,16-17H2,1-2H3/t21-/m1/s1. The molecule has 1 saturated heterocycles. The first-order chi connectivity index (χ1) is 14.9. The van der Waals surface area contributed by atoms with Crippen LogP contribution in [0.4, 0.5) is 0 Å². The van der Waals surface area contributed by atoms with Crippen molar-refractivity contribution in [3.8, 4) is 17.1 Å². The summed E-state index contributed by atoms with van der Waals surface area (Å²) < 4.78 is 28.6. The number of rotatable bonds is 7. The lowest BCUT2D eigenvalue weighted by Crippen LogP contribution is -2.38. The number of sulfone groups is 1. The Labute approximate surface area is 189 Å². The van der Waals surface area contributed by atoms with Crippen LogP contribution in [0.15, 0.2) is 54.6 Å². The molecule has 1 atom stereocenters. The summed E-state index contributed by atoms with van der Waals surface area (Å²) in [6, 6.07) is 18.2. The van der Waals surface area contributed by atoms with E-state index < -0.39 is 9.84 Å². The lowest BCUT2D eigenvalue weighted by molar-refractivity contribution is 0.155. The maximum absolute atomic E-state index is 12.1. The third kappa shape index (κ3) is 4.81. The molecule has 0 amide bonds. The Morgan fingerprint density at radius 3 is 2.58 bits per heavy atom. The second kappa shape index (κ2) is 9.06. The molecule has 0 radical (unpaired) electrons. The SMILES string of the molecule is CCCN(Cn1nc(-c2ccccc2)n(-c2cccc(C)c2)c1=S)[C@@H]1CCS(=O)(=O)C1. The van der Waals surface area contributed by atoms with Crippen molar-refractivity contribution >= 4 is 22.1 Å². The average Bonchev–Trinajstić information content (AvgIpc) is 3.27. The summed E-state index contributed by atoms with van der Waals surface area (Å²) in [6.45, 7) is 5.45. The summed E-state index contributed by atoms with van der Waals surface area (Å²) in [4.78, 5) is 2.21. The first-order valence-electron chi connectivity index (χ1n) is 10.6. The van der Waals surface area contributed by atoms with Gasteiger partial charge in [0.25, 0.3) is 0 Å². The molecule has 6 nitrogen and oxygen atoms in total.